The highest BCUT2D eigenvalue weighted by Crippen LogP contribution is 2.46. The van der Waals surface area contributed by atoms with Gasteiger partial charge in [-0.2, -0.15) is 0 Å². The minimum Gasteiger partial charge on any atom is -0.376 e. The lowest BCUT2D eigenvalue weighted by molar-refractivity contribution is -0.125. The monoisotopic (exact) mass is 391 g/mol. The number of fused-ring (bicyclic) bond motifs is 3. The molecule has 2 atom stereocenters. The fourth-order valence-corrected chi connectivity index (χ4v) is 4.61. The lowest BCUT2D eigenvalue weighted by Crippen LogP contribution is -2.62. The van der Waals surface area contributed by atoms with Crippen LogP contribution in [0.25, 0.3) is 0 Å². The van der Waals surface area contributed by atoms with Crippen molar-refractivity contribution in [3.63, 3.8) is 0 Å². The molecule has 2 amide bonds. The lowest BCUT2D eigenvalue weighted by Gasteiger charge is -2.45. The van der Waals surface area contributed by atoms with Crippen molar-refractivity contribution in [2.24, 2.45) is 0 Å². The zero-order valence-electron chi connectivity index (χ0n) is 16.7. The number of anilines is 2. The number of hydrogen-bond donors (Lipinski definition) is 2. The van der Waals surface area contributed by atoms with Gasteiger partial charge in [0.1, 0.15) is 0 Å². The van der Waals surface area contributed by atoms with Gasteiger partial charge in [-0.25, -0.2) is 0 Å². The molecule has 1 saturated heterocycles. The summed E-state index contributed by atoms with van der Waals surface area (Å²) in [6.45, 7) is 5.32. The molecule has 3 aliphatic heterocycles. The molecular formula is C23H25N3O3. The van der Waals surface area contributed by atoms with E-state index in [1.165, 1.54) is 0 Å². The van der Waals surface area contributed by atoms with Gasteiger partial charge in [0.05, 0.1) is 18.2 Å². The highest BCUT2D eigenvalue weighted by Gasteiger charge is 2.57. The number of carbonyl (C=O) groups excluding carboxylic acids is 2. The Morgan fingerprint density at radius 3 is 2.76 bits per heavy atom. The van der Waals surface area contributed by atoms with Crippen molar-refractivity contribution in [2.45, 2.75) is 44.4 Å². The van der Waals surface area contributed by atoms with Crippen molar-refractivity contribution in [1.82, 2.24) is 4.90 Å². The summed E-state index contributed by atoms with van der Waals surface area (Å²) in [5, 5.41) is 6.43. The van der Waals surface area contributed by atoms with E-state index < -0.39 is 5.66 Å². The van der Waals surface area contributed by atoms with E-state index in [2.05, 4.69) is 30.5 Å². The van der Waals surface area contributed by atoms with Crippen molar-refractivity contribution >= 4 is 23.2 Å². The third kappa shape index (κ3) is 2.66. The highest BCUT2D eigenvalue weighted by atomic mass is 16.5. The number of para-hydroxylation sites is 1. The Hall–Kier alpha value is -2.86. The third-order valence-corrected chi connectivity index (χ3v) is 6.21. The predicted molar refractivity (Wildman–Crippen MR) is 111 cm³/mol. The van der Waals surface area contributed by atoms with Crippen LogP contribution in [0.3, 0.4) is 0 Å². The van der Waals surface area contributed by atoms with Gasteiger partial charge in [0, 0.05) is 23.5 Å². The van der Waals surface area contributed by atoms with Gasteiger partial charge in [0.15, 0.2) is 0 Å². The first kappa shape index (κ1) is 18.2. The molecule has 0 radical (unpaired) electrons. The molecule has 3 aliphatic rings. The van der Waals surface area contributed by atoms with E-state index >= 15 is 0 Å². The SMILES string of the molecule is CC(C)c1ccc2c(c1)[C@]1(Nc3ccccc3C(=O)N1C[C@@H]1CCCO1)C(=O)N2. The minimum atomic E-state index is -1.27. The molecule has 29 heavy (non-hydrogen) atoms. The van der Waals surface area contributed by atoms with Crippen LogP contribution in [0, 0.1) is 0 Å². The van der Waals surface area contributed by atoms with Crippen LogP contribution in [0.15, 0.2) is 42.5 Å². The maximum atomic E-state index is 13.6. The zero-order valence-corrected chi connectivity index (χ0v) is 16.7. The molecule has 5 rings (SSSR count). The van der Waals surface area contributed by atoms with Crippen LogP contribution in [-0.4, -0.2) is 36.0 Å². The number of ether oxygens (including phenoxy) is 1. The van der Waals surface area contributed by atoms with Crippen molar-refractivity contribution in [3.05, 3.63) is 59.2 Å². The van der Waals surface area contributed by atoms with Crippen LogP contribution >= 0.6 is 0 Å². The average molecular weight is 391 g/mol. The first-order valence-electron chi connectivity index (χ1n) is 10.3. The van der Waals surface area contributed by atoms with Gasteiger partial charge in [0.2, 0.25) is 5.66 Å². The standard InChI is InChI=1S/C23H25N3O3/c1-14(2)15-9-10-20-18(12-15)23(22(28)24-20)25-19-8-4-3-7-17(19)21(27)26(23)13-16-6-5-11-29-16/h3-4,7-10,12,14,16,25H,5-6,11,13H2,1-2H3,(H,24,28)/t16-,23+/m0/s1. The van der Waals surface area contributed by atoms with Gasteiger partial charge in [-0.1, -0.05) is 32.0 Å². The van der Waals surface area contributed by atoms with Crippen molar-refractivity contribution in [1.29, 1.82) is 0 Å². The summed E-state index contributed by atoms with van der Waals surface area (Å²) in [7, 11) is 0. The van der Waals surface area contributed by atoms with Crippen LogP contribution in [0.4, 0.5) is 11.4 Å². The van der Waals surface area contributed by atoms with Crippen LogP contribution < -0.4 is 10.6 Å². The minimum absolute atomic E-state index is 0.0620. The number of benzene rings is 2. The molecule has 0 saturated carbocycles. The Balaban J connectivity index is 1.69. The normalized spacial score (nSPS) is 25.2. The van der Waals surface area contributed by atoms with Gasteiger partial charge >= 0.3 is 0 Å². The smallest absolute Gasteiger partial charge is 0.276 e. The molecule has 2 aromatic rings. The molecular weight excluding hydrogens is 366 g/mol. The summed E-state index contributed by atoms with van der Waals surface area (Å²) in [5.41, 5.74) is 2.67. The van der Waals surface area contributed by atoms with Gasteiger partial charge < -0.3 is 20.3 Å². The summed E-state index contributed by atoms with van der Waals surface area (Å²) in [6.07, 6.45) is 1.81. The quantitative estimate of drug-likeness (QED) is 0.838. The Labute approximate surface area is 170 Å². The van der Waals surface area contributed by atoms with Crippen LogP contribution in [0.1, 0.15) is 54.1 Å². The first-order valence-corrected chi connectivity index (χ1v) is 10.3. The molecule has 0 aromatic heterocycles. The van der Waals surface area contributed by atoms with Crippen molar-refractivity contribution in [2.75, 3.05) is 23.8 Å². The molecule has 6 nitrogen and oxygen atoms in total. The second-order valence-corrected chi connectivity index (χ2v) is 8.35. The predicted octanol–water partition coefficient (Wildman–Crippen LogP) is 3.66. The molecule has 0 unspecified atom stereocenters. The summed E-state index contributed by atoms with van der Waals surface area (Å²) in [4.78, 5) is 28.7. The third-order valence-electron chi connectivity index (χ3n) is 6.21. The zero-order chi connectivity index (χ0) is 20.2. The maximum Gasteiger partial charge on any atom is 0.276 e. The summed E-state index contributed by atoms with van der Waals surface area (Å²) >= 11 is 0. The van der Waals surface area contributed by atoms with Gasteiger partial charge in [0.25, 0.3) is 11.8 Å². The Bertz CT molecular complexity index is 997. The van der Waals surface area contributed by atoms with E-state index in [4.69, 9.17) is 4.74 Å². The maximum absolute atomic E-state index is 13.6. The van der Waals surface area contributed by atoms with E-state index in [1.807, 2.05) is 30.3 Å². The number of rotatable bonds is 3. The number of amides is 2. The molecule has 0 bridgehead atoms. The second-order valence-electron chi connectivity index (χ2n) is 8.35. The average Bonchev–Trinajstić information content (AvgIpc) is 3.32. The van der Waals surface area contributed by atoms with E-state index in [1.54, 1.807) is 11.0 Å². The highest BCUT2D eigenvalue weighted by molar-refractivity contribution is 6.14. The molecule has 1 fully saturated rings. The van der Waals surface area contributed by atoms with Crippen LogP contribution in [0.2, 0.25) is 0 Å². The Morgan fingerprint density at radius 2 is 2.00 bits per heavy atom. The van der Waals surface area contributed by atoms with Crippen molar-refractivity contribution < 1.29 is 14.3 Å². The van der Waals surface area contributed by atoms with E-state index in [0.717, 1.165) is 29.7 Å². The number of nitrogens with one attached hydrogen (secondary N) is 2. The van der Waals surface area contributed by atoms with Crippen molar-refractivity contribution in [3.8, 4) is 0 Å². The second kappa shape index (κ2) is 6.59. The molecule has 6 heteroatoms. The lowest BCUT2D eigenvalue weighted by atomic mass is 9.89. The molecule has 3 heterocycles. The molecule has 1 spiro atoms. The number of carbonyl (C=O) groups is 2. The summed E-state index contributed by atoms with van der Waals surface area (Å²) in [6, 6.07) is 13.4. The Kier molecular flexibility index (Phi) is 4.13. The van der Waals surface area contributed by atoms with E-state index in [0.29, 0.717) is 30.3 Å². The molecule has 150 valence electrons. The number of nitrogens with zero attached hydrogens (tertiary/aromatic N) is 1. The first-order chi connectivity index (χ1) is 14.0. The van der Waals surface area contributed by atoms with Gasteiger partial charge in [-0.15, -0.1) is 0 Å². The molecule has 2 N–H and O–H groups in total. The van der Waals surface area contributed by atoms with Crippen LogP contribution in [0.5, 0.6) is 0 Å². The number of hydrogen-bond acceptors (Lipinski definition) is 4. The van der Waals surface area contributed by atoms with E-state index in [9.17, 15) is 9.59 Å². The van der Waals surface area contributed by atoms with Crippen LogP contribution in [-0.2, 0) is 15.2 Å². The fourth-order valence-electron chi connectivity index (χ4n) is 4.61. The van der Waals surface area contributed by atoms with Gasteiger partial charge in [-0.3, -0.25) is 9.59 Å². The summed E-state index contributed by atoms with van der Waals surface area (Å²) < 4.78 is 5.83. The molecule has 0 aliphatic carbocycles. The Morgan fingerprint density at radius 1 is 1.17 bits per heavy atom. The van der Waals surface area contributed by atoms with E-state index in [-0.39, 0.29) is 17.9 Å². The largest absolute Gasteiger partial charge is 0.376 e. The fraction of sp³-hybridized carbons (Fsp3) is 0.391. The molecule has 2 aromatic carbocycles. The topological polar surface area (TPSA) is 70.7 Å². The summed E-state index contributed by atoms with van der Waals surface area (Å²) in [5.74, 6) is -0.0618. The van der Waals surface area contributed by atoms with Gasteiger partial charge in [-0.05, 0) is 48.6 Å².